The molecule has 7 heteroatoms. The van der Waals surface area contributed by atoms with Gasteiger partial charge in [-0.2, -0.15) is 0 Å². The molecule has 0 aliphatic rings. The number of urea groups is 1. The molecule has 0 bridgehead atoms. The van der Waals surface area contributed by atoms with Crippen LogP contribution >= 0.6 is 0 Å². The van der Waals surface area contributed by atoms with E-state index in [2.05, 4.69) is 10.6 Å². The van der Waals surface area contributed by atoms with E-state index < -0.39 is 5.97 Å². The Morgan fingerprint density at radius 1 is 0.935 bits per heavy atom. The van der Waals surface area contributed by atoms with Gasteiger partial charge in [-0.1, -0.05) is 56.7 Å². The van der Waals surface area contributed by atoms with Crippen LogP contribution in [-0.2, 0) is 4.79 Å². The quantitative estimate of drug-likeness (QED) is 0.254. The van der Waals surface area contributed by atoms with Gasteiger partial charge in [0.05, 0.1) is 46.8 Å². The number of likely N-dealkylation sites (N-methyl/N-ethyl adjacent to an activating group) is 1. The number of nitrogens with zero attached hydrogens (tertiary/aromatic N) is 1. The second-order valence-corrected chi connectivity index (χ2v) is 9.16. The molecule has 0 fully saturated rings. The number of carboxylic acids is 1. The second-order valence-electron chi connectivity index (χ2n) is 9.16. The minimum absolute atomic E-state index is 0.0681. The Balaban J connectivity index is 1.96. The van der Waals surface area contributed by atoms with Gasteiger partial charge >= 0.3 is 12.0 Å². The molecule has 0 aliphatic carbocycles. The van der Waals surface area contributed by atoms with Gasteiger partial charge in [-0.3, -0.25) is 4.79 Å². The maximum atomic E-state index is 12.0. The highest BCUT2D eigenvalue weighted by Gasteiger charge is 2.22. The van der Waals surface area contributed by atoms with Crippen LogP contribution in [0.25, 0.3) is 0 Å². The summed E-state index contributed by atoms with van der Waals surface area (Å²) in [6.07, 6.45) is 9.11. The first-order chi connectivity index (χ1) is 14.8. The van der Waals surface area contributed by atoms with Crippen LogP contribution in [0.3, 0.4) is 0 Å². The second kappa shape index (κ2) is 15.5. The SMILES string of the molecule is C[N+](C)(C)C[C@@H](CC(=O)O)NC(=O)NCCCCCCCCCCOc1ccccc1. The van der Waals surface area contributed by atoms with Gasteiger partial charge in [-0.05, 0) is 25.0 Å². The molecule has 0 saturated carbocycles. The Morgan fingerprint density at radius 2 is 1.52 bits per heavy atom. The fourth-order valence-electron chi connectivity index (χ4n) is 3.47. The number of rotatable bonds is 17. The van der Waals surface area contributed by atoms with Crippen molar-refractivity contribution >= 4 is 12.0 Å². The Hall–Kier alpha value is -2.28. The lowest BCUT2D eigenvalue weighted by molar-refractivity contribution is -0.871. The third-order valence-corrected chi connectivity index (χ3v) is 4.89. The van der Waals surface area contributed by atoms with E-state index in [9.17, 15) is 9.59 Å². The fraction of sp³-hybridized carbons (Fsp3) is 0.667. The molecule has 0 aliphatic heterocycles. The number of ether oxygens (including phenoxy) is 1. The molecular formula is C24H42N3O4+. The zero-order valence-corrected chi connectivity index (χ0v) is 19.6. The summed E-state index contributed by atoms with van der Waals surface area (Å²) in [6, 6.07) is 9.27. The molecule has 7 nitrogen and oxygen atoms in total. The minimum Gasteiger partial charge on any atom is -0.494 e. The summed E-state index contributed by atoms with van der Waals surface area (Å²) in [5.74, 6) is 0.0398. The number of quaternary nitrogens is 1. The summed E-state index contributed by atoms with van der Waals surface area (Å²) < 4.78 is 6.29. The Morgan fingerprint density at radius 3 is 2.10 bits per heavy atom. The van der Waals surface area contributed by atoms with Crippen LogP contribution in [0.1, 0.15) is 57.8 Å². The lowest BCUT2D eigenvalue weighted by atomic mass is 10.1. The number of benzene rings is 1. The van der Waals surface area contributed by atoms with E-state index in [0.29, 0.717) is 17.6 Å². The minimum atomic E-state index is -0.900. The van der Waals surface area contributed by atoms with Gasteiger partial charge in [0.15, 0.2) is 0 Å². The number of carbonyl (C=O) groups excluding carboxylic acids is 1. The number of aliphatic carboxylic acids is 1. The summed E-state index contributed by atoms with van der Waals surface area (Å²) in [7, 11) is 5.94. The van der Waals surface area contributed by atoms with E-state index in [-0.39, 0.29) is 18.5 Å². The molecule has 1 rings (SSSR count). The molecule has 0 aromatic heterocycles. The first-order valence-electron chi connectivity index (χ1n) is 11.5. The summed E-state index contributed by atoms with van der Waals surface area (Å²) in [5, 5.41) is 14.7. The maximum Gasteiger partial charge on any atom is 0.315 e. The van der Waals surface area contributed by atoms with Crippen LogP contribution in [-0.4, -0.2) is 68.5 Å². The van der Waals surface area contributed by atoms with Crippen LogP contribution in [0.2, 0.25) is 0 Å². The van der Waals surface area contributed by atoms with Gasteiger partial charge < -0.3 is 25.0 Å². The molecule has 1 atom stereocenters. The largest absolute Gasteiger partial charge is 0.494 e. The Kier molecular flexibility index (Phi) is 13.4. The lowest BCUT2D eigenvalue weighted by Gasteiger charge is -2.29. The van der Waals surface area contributed by atoms with Crippen molar-refractivity contribution in [2.24, 2.45) is 0 Å². The molecule has 1 aromatic carbocycles. The third-order valence-electron chi connectivity index (χ3n) is 4.89. The number of unbranched alkanes of at least 4 members (excludes halogenated alkanes) is 7. The Bertz CT molecular complexity index is 617. The molecule has 2 amide bonds. The van der Waals surface area contributed by atoms with E-state index in [4.69, 9.17) is 9.84 Å². The topological polar surface area (TPSA) is 87.7 Å². The lowest BCUT2D eigenvalue weighted by Crippen LogP contribution is -2.52. The highest BCUT2D eigenvalue weighted by molar-refractivity contribution is 5.75. The molecule has 0 spiro atoms. The fourth-order valence-corrected chi connectivity index (χ4v) is 3.47. The first-order valence-corrected chi connectivity index (χ1v) is 11.5. The van der Waals surface area contributed by atoms with Crippen molar-refractivity contribution in [2.45, 2.75) is 63.8 Å². The maximum absolute atomic E-state index is 12.0. The van der Waals surface area contributed by atoms with Gasteiger partial charge in [0.2, 0.25) is 0 Å². The van der Waals surface area contributed by atoms with Crippen molar-refractivity contribution < 1.29 is 23.9 Å². The smallest absolute Gasteiger partial charge is 0.315 e. The highest BCUT2D eigenvalue weighted by atomic mass is 16.5. The summed E-state index contributed by atoms with van der Waals surface area (Å²) in [6.45, 7) is 1.96. The zero-order valence-electron chi connectivity index (χ0n) is 19.6. The van der Waals surface area contributed by atoms with Gasteiger partial charge in [-0.15, -0.1) is 0 Å². The number of hydrogen-bond acceptors (Lipinski definition) is 3. The predicted molar refractivity (Wildman–Crippen MR) is 124 cm³/mol. The molecule has 0 unspecified atom stereocenters. The predicted octanol–water partition coefficient (Wildman–Crippen LogP) is 4.03. The molecule has 0 radical (unpaired) electrons. The monoisotopic (exact) mass is 436 g/mol. The van der Waals surface area contributed by atoms with Gasteiger partial charge in [0.25, 0.3) is 0 Å². The van der Waals surface area contributed by atoms with Gasteiger partial charge in [0, 0.05) is 6.54 Å². The molecule has 1 aromatic rings. The molecule has 31 heavy (non-hydrogen) atoms. The van der Waals surface area contributed by atoms with E-state index in [0.717, 1.165) is 31.6 Å². The molecule has 3 N–H and O–H groups in total. The zero-order chi connectivity index (χ0) is 23.0. The number of nitrogens with one attached hydrogen (secondary N) is 2. The van der Waals surface area contributed by atoms with Crippen molar-refractivity contribution in [2.75, 3.05) is 40.8 Å². The van der Waals surface area contributed by atoms with E-state index in [1.807, 2.05) is 51.5 Å². The van der Waals surface area contributed by atoms with E-state index in [1.165, 1.54) is 32.1 Å². The standard InChI is InChI=1S/C24H41N3O4/c1-27(2,3)20-21(19-23(28)29)26-24(30)25-17-13-8-6-4-5-7-9-14-18-31-22-15-11-10-12-16-22/h10-12,15-16,21H,4-9,13-14,17-20H2,1-3H3,(H2-,25,26,28,29,30)/p+1/t21-/m1/s1. The van der Waals surface area contributed by atoms with Crippen LogP contribution in [0, 0.1) is 0 Å². The summed E-state index contributed by atoms with van der Waals surface area (Å²) >= 11 is 0. The number of carboxylic acid groups (broad SMARTS) is 1. The number of para-hydroxylation sites is 1. The van der Waals surface area contributed by atoms with Crippen molar-refractivity contribution in [3.63, 3.8) is 0 Å². The van der Waals surface area contributed by atoms with Gasteiger partial charge in [-0.25, -0.2) is 4.79 Å². The summed E-state index contributed by atoms with van der Waals surface area (Å²) in [5.41, 5.74) is 0. The highest BCUT2D eigenvalue weighted by Crippen LogP contribution is 2.11. The average molecular weight is 437 g/mol. The third kappa shape index (κ3) is 16.1. The van der Waals surface area contributed by atoms with E-state index >= 15 is 0 Å². The molecule has 176 valence electrons. The van der Waals surface area contributed by atoms with Gasteiger partial charge in [0.1, 0.15) is 5.75 Å². The average Bonchev–Trinajstić information content (AvgIpc) is 2.67. The van der Waals surface area contributed by atoms with E-state index in [1.54, 1.807) is 0 Å². The van der Waals surface area contributed by atoms with Crippen LogP contribution < -0.4 is 15.4 Å². The number of amides is 2. The van der Waals surface area contributed by atoms with Crippen molar-refractivity contribution in [3.8, 4) is 5.75 Å². The molecule has 0 heterocycles. The van der Waals surface area contributed by atoms with Crippen molar-refractivity contribution in [1.82, 2.24) is 10.6 Å². The van der Waals surface area contributed by atoms with Crippen molar-refractivity contribution in [1.29, 1.82) is 0 Å². The number of hydrogen-bond donors (Lipinski definition) is 3. The van der Waals surface area contributed by atoms with Crippen molar-refractivity contribution in [3.05, 3.63) is 30.3 Å². The van der Waals surface area contributed by atoms with Crippen LogP contribution in [0.4, 0.5) is 4.79 Å². The summed E-state index contributed by atoms with van der Waals surface area (Å²) in [4.78, 5) is 23.0. The Labute approximate surface area is 187 Å². The first kappa shape index (κ1) is 26.8. The normalized spacial score (nSPS) is 12.2. The molecule has 0 saturated heterocycles. The van der Waals surface area contributed by atoms with Crippen LogP contribution in [0.5, 0.6) is 5.75 Å². The van der Waals surface area contributed by atoms with Crippen LogP contribution in [0.15, 0.2) is 30.3 Å². The number of carbonyl (C=O) groups is 2. The molecular weight excluding hydrogens is 394 g/mol.